The van der Waals surface area contributed by atoms with Crippen molar-refractivity contribution in [1.82, 2.24) is 0 Å². The summed E-state index contributed by atoms with van der Waals surface area (Å²) in [5.41, 5.74) is 4.23. The van der Waals surface area contributed by atoms with Crippen LogP contribution in [-0.4, -0.2) is 23.4 Å². The van der Waals surface area contributed by atoms with Crippen LogP contribution >= 0.6 is 0 Å². The zero-order chi connectivity index (χ0) is 21.2. The first-order valence-corrected chi connectivity index (χ1v) is 12.0. The normalized spacial score (nSPS) is 37.2. The Morgan fingerprint density at radius 2 is 2.00 bits per heavy atom. The lowest BCUT2D eigenvalue weighted by Gasteiger charge is -2.44. The fraction of sp³-hybridized carbons (Fsp3) is 0.778. The van der Waals surface area contributed by atoms with Gasteiger partial charge in [-0.2, -0.15) is 0 Å². The van der Waals surface area contributed by atoms with Crippen molar-refractivity contribution in [3.05, 3.63) is 35.5 Å². The van der Waals surface area contributed by atoms with Gasteiger partial charge in [-0.1, -0.05) is 43.7 Å². The molecule has 0 aromatic heterocycles. The van der Waals surface area contributed by atoms with Crippen LogP contribution in [0.15, 0.2) is 35.5 Å². The molecular formula is C27H44O2. The Hall–Kier alpha value is -0.860. The number of ether oxygens (including phenoxy) is 1. The van der Waals surface area contributed by atoms with Crippen LogP contribution in [0, 0.1) is 23.2 Å². The van der Waals surface area contributed by atoms with E-state index in [1.165, 1.54) is 62.5 Å². The summed E-state index contributed by atoms with van der Waals surface area (Å²) >= 11 is 0. The van der Waals surface area contributed by atoms with Crippen molar-refractivity contribution in [3.8, 4) is 0 Å². The Balaban J connectivity index is 1.68. The van der Waals surface area contributed by atoms with Gasteiger partial charge < -0.3 is 9.84 Å². The summed E-state index contributed by atoms with van der Waals surface area (Å²) in [7, 11) is 0. The third-order valence-corrected chi connectivity index (χ3v) is 8.16. The zero-order valence-electron chi connectivity index (χ0n) is 19.6. The second kappa shape index (κ2) is 9.10. The molecular weight excluding hydrogens is 356 g/mol. The molecule has 0 aromatic carbocycles. The summed E-state index contributed by atoms with van der Waals surface area (Å²) in [6, 6.07) is 0. The summed E-state index contributed by atoms with van der Waals surface area (Å²) in [6.07, 6.45) is 15.9. The summed E-state index contributed by atoms with van der Waals surface area (Å²) in [4.78, 5) is 0. The smallest absolute Gasteiger partial charge is 0.0613 e. The molecule has 3 fully saturated rings. The molecule has 0 saturated heterocycles. The Labute approximate surface area is 179 Å². The van der Waals surface area contributed by atoms with Crippen molar-refractivity contribution in [2.45, 2.75) is 104 Å². The first-order chi connectivity index (χ1) is 13.6. The van der Waals surface area contributed by atoms with E-state index in [1.54, 1.807) is 5.57 Å². The standard InChI is InChI=1S/C27H44O2/c1-19-9-10-20(2)23(18-19)12-11-22-8-7-15-27(6)24(13-14-25(22)27)21(3)29-17-16-26(4,5)28/h11-12,19,21,24-25,28H,2,7-10,13-18H2,1,3-6H3/b22-11+,23-12+/t19-,21-,24+,25-,27+/m0/s1. The highest BCUT2D eigenvalue weighted by molar-refractivity contribution is 5.36. The van der Waals surface area contributed by atoms with E-state index in [2.05, 4.69) is 39.5 Å². The van der Waals surface area contributed by atoms with Crippen molar-refractivity contribution in [1.29, 1.82) is 0 Å². The van der Waals surface area contributed by atoms with Crippen molar-refractivity contribution in [3.63, 3.8) is 0 Å². The maximum Gasteiger partial charge on any atom is 0.0613 e. The third-order valence-electron chi connectivity index (χ3n) is 8.16. The van der Waals surface area contributed by atoms with Crippen molar-refractivity contribution >= 4 is 0 Å². The number of fused-ring (bicyclic) bond motifs is 1. The van der Waals surface area contributed by atoms with Crippen LogP contribution in [0.4, 0.5) is 0 Å². The highest BCUT2D eigenvalue weighted by Crippen LogP contribution is 2.58. The van der Waals surface area contributed by atoms with Gasteiger partial charge in [-0.25, -0.2) is 0 Å². The quantitative estimate of drug-likeness (QED) is 0.520. The van der Waals surface area contributed by atoms with Gasteiger partial charge in [0.05, 0.1) is 11.7 Å². The first-order valence-electron chi connectivity index (χ1n) is 12.0. The highest BCUT2D eigenvalue weighted by atomic mass is 16.5. The van der Waals surface area contributed by atoms with Crippen molar-refractivity contribution in [2.75, 3.05) is 6.61 Å². The Kier molecular flexibility index (Phi) is 7.16. The molecule has 0 heterocycles. The molecule has 0 bridgehead atoms. The molecule has 1 N–H and O–H groups in total. The molecule has 2 heteroatoms. The minimum atomic E-state index is -0.642. The van der Waals surface area contributed by atoms with Crippen molar-refractivity contribution < 1.29 is 9.84 Å². The fourth-order valence-electron chi connectivity index (χ4n) is 6.26. The van der Waals surface area contributed by atoms with Gasteiger partial charge in [0.2, 0.25) is 0 Å². The van der Waals surface area contributed by atoms with E-state index in [1.807, 2.05) is 13.8 Å². The minimum absolute atomic E-state index is 0.268. The second-order valence-corrected chi connectivity index (χ2v) is 11.1. The maximum absolute atomic E-state index is 9.97. The number of hydrogen-bond donors (Lipinski definition) is 1. The van der Waals surface area contributed by atoms with Gasteiger partial charge in [-0.05, 0) is 107 Å². The molecule has 3 aliphatic rings. The molecule has 164 valence electrons. The summed E-state index contributed by atoms with van der Waals surface area (Å²) in [5.74, 6) is 2.11. The maximum atomic E-state index is 9.97. The van der Waals surface area contributed by atoms with Crippen molar-refractivity contribution in [2.24, 2.45) is 23.2 Å². The summed E-state index contributed by atoms with van der Waals surface area (Å²) in [6.45, 7) is 15.8. The van der Waals surface area contributed by atoms with Gasteiger partial charge in [-0.3, -0.25) is 0 Å². The zero-order valence-corrected chi connectivity index (χ0v) is 19.6. The van der Waals surface area contributed by atoms with Gasteiger partial charge in [0.25, 0.3) is 0 Å². The number of allylic oxidation sites excluding steroid dienone is 5. The Bertz CT molecular complexity index is 650. The molecule has 0 spiro atoms. The van der Waals surface area contributed by atoms with Gasteiger partial charge in [0.15, 0.2) is 0 Å². The van der Waals surface area contributed by atoms with Gasteiger partial charge in [-0.15, -0.1) is 0 Å². The SMILES string of the molecule is C=C1CC[C@H](C)C/C1=C\C=C1/CCC[C@]2(C)[C@@H]([C@H](C)OCCC(C)(C)O)CC[C@@H]12. The van der Waals surface area contributed by atoms with Crippen LogP contribution in [0.2, 0.25) is 0 Å². The molecule has 0 radical (unpaired) electrons. The predicted octanol–water partition coefficient (Wildman–Crippen LogP) is 7.00. The third kappa shape index (κ3) is 5.44. The highest BCUT2D eigenvalue weighted by Gasteiger charge is 2.51. The van der Waals surface area contributed by atoms with E-state index in [9.17, 15) is 5.11 Å². The molecule has 2 nitrogen and oxygen atoms in total. The van der Waals surface area contributed by atoms with E-state index < -0.39 is 5.60 Å². The lowest BCUT2D eigenvalue weighted by molar-refractivity contribution is -0.0454. The molecule has 0 amide bonds. The molecule has 0 unspecified atom stereocenters. The van der Waals surface area contributed by atoms with E-state index in [0.717, 1.165) is 5.92 Å². The van der Waals surface area contributed by atoms with E-state index in [4.69, 9.17) is 4.74 Å². The van der Waals surface area contributed by atoms with E-state index >= 15 is 0 Å². The van der Waals surface area contributed by atoms with Crippen LogP contribution < -0.4 is 0 Å². The van der Waals surface area contributed by atoms with Crippen LogP contribution in [0.25, 0.3) is 0 Å². The van der Waals surface area contributed by atoms with Crippen LogP contribution in [0.3, 0.4) is 0 Å². The average Bonchev–Trinajstić information content (AvgIpc) is 2.99. The summed E-state index contributed by atoms with van der Waals surface area (Å²) in [5, 5.41) is 9.97. The molecule has 3 saturated carbocycles. The average molecular weight is 401 g/mol. The Morgan fingerprint density at radius 3 is 2.72 bits per heavy atom. The number of rotatable bonds is 6. The lowest BCUT2D eigenvalue weighted by atomic mass is 9.62. The molecule has 3 rings (SSSR count). The van der Waals surface area contributed by atoms with E-state index in [0.29, 0.717) is 30.3 Å². The number of aliphatic hydroxyl groups is 1. The first kappa shape index (κ1) is 22.8. The monoisotopic (exact) mass is 400 g/mol. The fourth-order valence-corrected chi connectivity index (χ4v) is 6.26. The van der Waals surface area contributed by atoms with Crippen LogP contribution in [-0.2, 0) is 4.74 Å². The second-order valence-electron chi connectivity index (χ2n) is 11.1. The van der Waals surface area contributed by atoms with Gasteiger partial charge >= 0.3 is 0 Å². The predicted molar refractivity (Wildman–Crippen MR) is 123 cm³/mol. The minimum Gasteiger partial charge on any atom is -0.390 e. The van der Waals surface area contributed by atoms with E-state index in [-0.39, 0.29) is 6.10 Å². The lowest BCUT2D eigenvalue weighted by Crippen LogP contribution is -2.39. The molecule has 0 aromatic rings. The molecule has 0 aliphatic heterocycles. The van der Waals surface area contributed by atoms with Crippen LogP contribution in [0.5, 0.6) is 0 Å². The summed E-state index contributed by atoms with van der Waals surface area (Å²) < 4.78 is 6.23. The largest absolute Gasteiger partial charge is 0.390 e. The molecule has 29 heavy (non-hydrogen) atoms. The number of hydrogen-bond acceptors (Lipinski definition) is 2. The van der Waals surface area contributed by atoms with Crippen LogP contribution in [0.1, 0.15) is 92.4 Å². The van der Waals surface area contributed by atoms with Gasteiger partial charge in [0, 0.05) is 6.61 Å². The topological polar surface area (TPSA) is 29.5 Å². The molecule has 5 atom stereocenters. The van der Waals surface area contributed by atoms with Gasteiger partial charge in [0.1, 0.15) is 0 Å². The molecule has 3 aliphatic carbocycles. The Morgan fingerprint density at radius 1 is 1.24 bits per heavy atom.